The van der Waals surface area contributed by atoms with Crippen LogP contribution in [0.5, 0.6) is 0 Å². The number of nitrogens with zero attached hydrogens (tertiary/aromatic N) is 1. The molecule has 1 heterocycles. The minimum atomic E-state index is -4.48. The highest BCUT2D eigenvalue weighted by molar-refractivity contribution is 6.42. The standard InChI is InChI=1S/C18H13F3N2O2/c1-10(24)23-16-6-5-13(22)9-14(16)15(17(23)25)8-11-3-2-4-12(7-11)18(19,20)21/h2-9H,22H2,1H3/b15-8+. The van der Waals surface area contributed by atoms with E-state index in [9.17, 15) is 22.8 Å². The average molecular weight is 346 g/mol. The van der Waals surface area contributed by atoms with Crippen molar-refractivity contribution in [1.82, 2.24) is 0 Å². The summed E-state index contributed by atoms with van der Waals surface area (Å²) in [5.41, 5.74) is 6.42. The van der Waals surface area contributed by atoms with E-state index in [1.807, 2.05) is 0 Å². The Kier molecular flexibility index (Phi) is 3.87. The van der Waals surface area contributed by atoms with Crippen molar-refractivity contribution >= 4 is 34.8 Å². The van der Waals surface area contributed by atoms with Gasteiger partial charge in [0.05, 0.1) is 16.8 Å². The van der Waals surface area contributed by atoms with Crippen LogP contribution in [-0.4, -0.2) is 11.8 Å². The Morgan fingerprint density at radius 1 is 1.16 bits per heavy atom. The maximum atomic E-state index is 12.9. The van der Waals surface area contributed by atoms with E-state index in [0.29, 0.717) is 16.9 Å². The first kappa shape index (κ1) is 16.8. The first-order valence-electron chi connectivity index (χ1n) is 7.32. The van der Waals surface area contributed by atoms with Gasteiger partial charge in [0.25, 0.3) is 5.91 Å². The number of fused-ring (bicyclic) bond motifs is 1. The van der Waals surface area contributed by atoms with Gasteiger partial charge in [0, 0.05) is 18.2 Å². The van der Waals surface area contributed by atoms with E-state index in [1.165, 1.54) is 37.3 Å². The average Bonchev–Trinajstić information content (AvgIpc) is 2.79. The molecule has 0 bridgehead atoms. The number of halogens is 3. The van der Waals surface area contributed by atoms with E-state index in [2.05, 4.69) is 0 Å². The number of carbonyl (C=O) groups excluding carboxylic acids is 2. The van der Waals surface area contributed by atoms with Gasteiger partial charge in [-0.3, -0.25) is 9.59 Å². The van der Waals surface area contributed by atoms with Gasteiger partial charge in [-0.2, -0.15) is 13.2 Å². The number of nitrogens with two attached hydrogens (primary N) is 1. The highest BCUT2D eigenvalue weighted by atomic mass is 19.4. The quantitative estimate of drug-likeness (QED) is 0.632. The summed E-state index contributed by atoms with van der Waals surface area (Å²) in [6.07, 6.45) is -3.15. The third kappa shape index (κ3) is 3.00. The number of hydrogen-bond acceptors (Lipinski definition) is 3. The molecule has 0 saturated heterocycles. The van der Waals surface area contributed by atoms with Gasteiger partial charge in [-0.15, -0.1) is 0 Å². The zero-order chi connectivity index (χ0) is 18.4. The molecule has 0 saturated carbocycles. The largest absolute Gasteiger partial charge is 0.416 e. The van der Waals surface area contributed by atoms with E-state index in [0.717, 1.165) is 17.0 Å². The molecule has 2 amide bonds. The summed E-state index contributed by atoms with van der Waals surface area (Å²) in [4.78, 5) is 25.3. The third-order valence-corrected chi connectivity index (χ3v) is 3.83. The van der Waals surface area contributed by atoms with Crippen LogP contribution in [0.1, 0.15) is 23.6 Å². The highest BCUT2D eigenvalue weighted by Gasteiger charge is 2.35. The van der Waals surface area contributed by atoms with Gasteiger partial charge in [-0.1, -0.05) is 12.1 Å². The van der Waals surface area contributed by atoms with Crippen molar-refractivity contribution in [2.24, 2.45) is 0 Å². The number of alkyl halides is 3. The summed E-state index contributed by atoms with van der Waals surface area (Å²) in [5, 5.41) is 0. The van der Waals surface area contributed by atoms with Crippen molar-refractivity contribution in [3.63, 3.8) is 0 Å². The van der Waals surface area contributed by atoms with Gasteiger partial charge < -0.3 is 5.73 Å². The molecule has 0 fully saturated rings. The Hall–Kier alpha value is -3.09. The van der Waals surface area contributed by atoms with Crippen LogP contribution in [0.2, 0.25) is 0 Å². The lowest BCUT2D eigenvalue weighted by atomic mass is 10.0. The maximum Gasteiger partial charge on any atom is 0.416 e. The Labute approximate surface area is 141 Å². The van der Waals surface area contributed by atoms with Crippen molar-refractivity contribution in [1.29, 1.82) is 0 Å². The molecule has 0 spiro atoms. The predicted molar refractivity (Wildman–Crippen MR) is 88.3 cm³/mol. The topological polar surface area (TPSA) is 63.4 Å². The minimum absolute atomic E-state index is 0.122. The summed E-state index contributed by atoms with van der Waals surface area (Å²) in [5.74, 6) is -1.08. The van der Waals surface area contributed by atoms with Gasteiger partial charge in [0.2, 0.25) is 5.91 Å². The molecule has 0 unspecified atom stereocenters. The Morgan fingerprint density at radius 3 is 2.52 bits per heavy atom. The van der Waals surface area contributed by atoms with Crippen LogP contribution in [0.25, 0.3) is 11.6 Å². The van der Waals surface area contributed by atoms with Crippen LogP contribution in [0.3, 0.4) is 0 Å². The first-order chi connectivity index (χ1) is 11.7. The lowest BCUT2D eigenvalue weighted by Gasteiger charge is -2.11. The highest BCUT2D eigenvalue weighted by Crippen LogP contribution is 2.39. The number of hydrogen-bond donors (Lipinski definition) is 1. The number of amides is 2. The van der Waals surface area contributed by atoms with Crippen molar-refractivity contribution in [2.45, 2.75) is 13.1 Å². The van der Waals surface area contributed by atoms with Crippen molar-refractivity contribution in [3.05, 3.63) is 59.2 Å². The molecule has 4 nitrogen and oxygen atoms in total. The van der Waals surface area contributed by atoms with Crippen molar-refractivity contribution in [3.8, 4) is 0 Å². The molecule has 25 heavy (non-hydrogen) atoms. The molecule has 3 rings (SSSR count). The van der Waals surface area contributed by atoms with Gasteiger partial charge in [-0.25, -0.2) is 4.90 Å². The zero-order valence-corrected chi connectivity index (χ0v) is 13.1. The predicted octanol–water partition coefficient (Wildman–Crippen LogP) is 3.72. The van der Waals surface area contributed by atoms with Crippen LogP contribution >= 0.6 is 0 Å². The SMILES string of the molecule is CC(=O)N1C(=O)/C(=C/c2cccc(C(F)(F)F)c2)c2cc(N)ccc21. The maximum absolute atomic E-state index is 12.9. The fourth-order valence-electron chi connectivity index (χ4n) is 2.73. The minimum Gasteiger partial charge on any atom is -0.399 e. The molecule has 0 aromatic heterocycles. The van der Waals surface area contributed by atoms with E-state index < -0.39 is 23.6 Å². The second kappa shape index (κ2) is 5.77. The normalized spacial score (nSPS) is 15.6. The monoisotopic (exact) mass is 346 g/mol. The summed E-state index contributed by atoms with van der Waals surface area (Å²) < 4.78 is 38.6. The second-order valence-corrected chi connectivity index (χ2v) is 5.62. The van der Waals surface area contributed by atoms with E-state index in [4.69, 9.17) is 5.73 Å². The molecule has 0 radical (unpaired) electrons. The number of benzene rings is 2. The number of carbonyl (C=O) groups is 2. The molecule has 0 atom stereocenters. The molecule has 2 aromatic carbocycles. The van der Waals surface area contributed by atoms with Gasteiger partial charge in [0.15, 0.2) is 0 Å². The summed E-state index contributed by atoms with van der Waals surface area (Å²) in [7, 11) is 0. The third-order valence-electron chi connectivity index (χ3n) is 3.83. The Morgan fingerprint density at radius 2 is 1.88 bits per heavy atom. The molecule has 128 valence electrons. The molecular weight excluding hydrogens is 333 g/mol. The van der Waals surface area contributed by atoms with Crippen LogP contribution in [0.15, 0.2) is 42.5 Å². The molecule has 2 N–H and O–H groups in total. The fraction of sp³-hybridized carbons (Fsp3) is 0.111. The van der Waals surface area contributed by atoms with Gasteiger partial charge >= 0.3 is 6.18 Å². The zero-order valence-electron chi connectivity index (χ0n) is 13.1. The Balaban J connectivity index is 2.15. The number of rotatable bonds is 1. The van der Waals surface area contributed by atoms with Crippen molar-refractivity contribution in [2.75, 3.05) is 10.6 Å². The van der Waals surface area contributed by atoms with Crippen LogP contribution in [0, 0.1) is 0 Å². The van der Waals surface area contributed by atoms with Gasteiger partial charge in [0.1, 0.15) is 0 Å². The van der Waals surface area contributed by atoms with E-state index >= 15 is 0 Å². The number of imide groups is 1. The van der Waals surface area contributed by atoms with E-state index in [-0.39, 0.29) is 11.1 Å². The lowest BCUT2D eigenvalue weighted by molar-refractivity contribution is -0.137. The van der Waals surface area contributed by atoms with Crippen LogP contribution in [-0.2, 0) is 15.8 Å². The number of nitrogen functional groups attached to an aromatic ring is 1. The van der Waals surface area contributed by atoms with Crippen molar-refractivity contribution < 1.29 is 22.8 Å². The van der Waals surface area contributed by atoms with Crippen LogP contribution < -0.4 is 10.6 Å². The van der Waals surface area contributed by atoms with E-state index in [1.54, 1.807) is 6.07 Å². The lowest BCUT2D eigenvalue weighted by Crippen LogP contribution is -2.31. The van der Waals surface area contributed by atoms with Gasteiger partial charge in [-0.05, 0) is 42.0 Å². The smallest absolute Gasteiger partial charge is 0.399 e. The van der Waals surface area contributed by atoms with Crippen LogP contribution in [0.4, 0.5) is 24.5 Å². The second-order valence-electron chi connectivity index (χ2n) is 5.62. The Bertz CT molecular complexity index is 917. The fourth-order valence-corrected chi connectivity index (χ4v) is 2.73. The molecule has 1 aliphatic rings. The molecule has 0 aliphatic carbocycles. The summed E-state index contributed by atoms with van der Waals surface area (Å²) >= 11 is 0. The summed E-state index contributed by atoms with van der Waals surface area (Å²) in [6.45, 7) is 1.24. The molecular formula is C18H13F3N2O2. The summed E-state index contributed by atoms with van der Waals surface area (Å²) in [6, 6.07) is 9.23. The molecule has 1 aliphatic heterocycles. The first-order valence-corrected chi connectivity index (χ1v) is 7.32. The molecule has 7 heteroatoms. The molecule has 2 aromatic rings. The number of anilines is 2.